The van der Waals surface area contributed by atoms with E-state index in [1.54, 1.807) is 34.2 Å². The fraction of sp³-hybridized carbons (Fsp3) is 0.571. The number of hydrogen-bond donors (Lipinski definition) is 0. The quantitative estimate of drug-likeness (QED) is 0.669. The van der Waals surface area contributed by atoms with Gasteiger partial charge >= 0.3 is 0 Å². The van der Waals surface area contributed by atoms with Gasteiger partial charge in [-0.1, -0.05) is 6.07 Å². The van der Waals surface area contributed by atoms with Gasteiger partial charge in [-0.2, -0.15) is 0 Å². The molecule has 0 aromatic carbocycles. The molecule has 0 aliphatic carbocycles. The highest BCUT2D eigenvalue weighted by Gasteiger charge is 2.51. The summed E-state index contributed by atoms with van der Waals surface area (Å²) >= 11 is 0. The Morgan fingerprint density at radius 1 is 1.00 bits per heavy atom. The number of hydrogen-bond acceptors (Lipinski definition) is 6. The summed E-state index contributed by atoms with van der Waals surface area (Å²) in [6.07, 6.45) is 2.36. The maximum atomic E-state index is 12.8. The molecule has 3 aliphatic rings. The molecule has 0 saturated carbocycles. The molecule has 160 valence electrons. The summed E-state index contributed by atoms with van der Waals surface area (Å²) in [5.41, 5.74) is 0.300. The van der Waals surface area contributed by atoms with Crippen molar-refractivity contribution in [2.45, 2.75) is 31.3 Å². The minimum Gasteiger partial charge on any atom is -0.340 e. The molecule has 9 heteroatoms. The first-order valence-electron chi connectivity index (χ1n) is 10.5. The van der Waals surface area contributed by atoms with Crippen LogP contribution in [0.4, 0.5) is 0 Å². The monoisotopic (exact) mass is 413 g/mol. The highest BCUT2D eigenvalue weighted by atomic mass is 16.2. The molecular formula is C21H27N5O4. The fourth-order valence-corrected chi connectivity index (χ4v) is 4.58. The molecule has 1 aromatic heterocycles. The Morgan fingerprint density at radius 2 is 1.73 bits per heavy atom. The number of Topliss-reactive ketones (excluding diaryl/α,β-unsaturated/α-hetero) is 1. The van der Waals surface area contributed by atoms with Gasteiger partial charge < -0.3 is 19.6 Å². The molecule has 0 spiro atoms. The maximum absolute atomic E-state index is 12.8. The third-order valence-corrected chi connectivity index (χ3v) is 6.30. The van der Waals surface area contributed by atoms with E-state index in [2.05, 4.69) is 9.88 Å². The van der Waals surface area contributed by atoms with Gasteiger partial charge in [0.15, 0.2) is 5.78 Å². The van der Waals surface area contributed by atoms with Crippen LogP contribution in [0, 0.1) is 0 Å². The number of amides is 3. The molecule has 9 nitrogen and oxygen atoms in total. The summed E-state index contributed by atoms with van der Waals surface area (Å²) in [4.78, 5) is 61.8. The second kappa shape index (κ2) is 8.51. The van der Waals surface area contributed by atoms with Crippen molar-refractivity contribution >= 4 is 23.5 Å². The summed E-state index contributed by atoms with van der Waals surface area (Å²) in [7, 11) is 2.02. The number of carbonyl (C=O) groups is 4. The lowest BCUT2D eigenvalue weighted by Crippen LogP contribution is -2.47. The van der Waals surface area contributed by atoms with Gasteiger partial charge in [-0.3, -0.25) is 24.2 Å². The number of pyridine rings is 1. The third-order valence-electron chi connectivity index (χ3n) is 6.30. The minimum absolute atomic E-state index is 0.00521. The summed E-state index contributed by atoms with van der Waals surface area (Å²) < 4.78 is 0. The standard InChI is InChI=1S/C21H27N5O4/c1-23-10-12-24(13-11-23)18(28)5-6-19(29)25-9-7-16-20(25)17(27)14-26(16)21(30)15-4-2-3-8-22-15/h2-4,8,16,20H,5-7,9-14H2,1H3. The molecule has 4 heterocycles. The number of carbonyl (C=O) groups excluding carboxylic acids is 4. The average Bonchev–Trinajstić information content (AvgIpc) is 3.34. The predicted octanol–water partition coefficient (Wildman–Crippen LogP) is -0.370. The molecule has 0 bridgehead atoms. The number of ketones is 1. The molecule has 4 rings (SSSR count). The van der Waals surface area contributed by atoms with E-state index in [-0.39, 0.29) is 48.9 Å². The number of aromatic nitrogens is 1. The number of likely N-dealkylation sites (tertiary alicyclic amines) is 2. The van der Waals surface area contributed by atoms with E-state index in [4.69, 9.17) is 0 Å². The van der Waals surface area contributed by atoms with Gasteiger partial charge in [0, 0.05) is 51.8 Å². The normalized spacial score (nSPS) is 24.3. The lowest BCUT2D eigenvalue weighted by molar-refractivity contribution is -0.139. The average molecular weight is 413 g/mol. The molecule has 3 saturated heterocycles. The molecule has 0 radical (unpaired) electrons. The van der Waals surface area contributed by atoms with Crippen LogP contribution in [0.2, 0.25) is 0 Å². The summed E-state index contributed by atoms with van der Waals surface area (Å²) in [6.45, 7) is 3.46. The van der Waals surface area contributed by atoms with E-state index in [1.165, 1.54) is 4.90 Å². The van der Waals surface area contributed by atoms with Crippen LogP contribution in [0.15, 0.2) is 24.4 Å². The number of rotatable bonds is 4. The van der Waals surface area contributed by atoms with Crippen LogP contribution >= 0.6 is 0 Å². The lowest BCUT2D eigenvalue weighted by Gasteiger charge is -2.32. The first kappa shape index (κ1) is 20.5. The van der Waals surface area contributed by atoms with Crippen molar-refractivity contribution in [3.63, 3.8) is 0 Å². The molecular weight excluding hydrogens is 386 g/mol. The Balaban J connectivity index is 1.35. The van der Waals surface area contributed by atoms with Crippen molar-refractivity contribution < 1.29 is 19.2 Å². The number of likely N-dealkylation sites (N-methyl/N-ethyl adjacent to an activating group) is 1. The Morgan fingerprint density at radius 3 is 2.43 bits per heavy atom. The maximum Gasteiger partial charge on any atom is 0.273 e. The van der Waals surface area contributed by atoms with E-state index >= 15 is 0 Å². The second-order valence-electron chi connectivity index (χ2n) is 8.19. The topological polar surface area (TPSA) is 94.1 Å². The molecule has 30 heavy (non-hydrogen) atoms. The van der Waals surface area contributed by atoms with Gasteiger partial charge in [-0.05, 0) is 25.6 Å². The zero-order valence-corrected chi connectivity index (χ0v) is 17.2. The first-order valence-corrected chi connectivity index (χ1v) is 10.5. The van der Waals surface area contributed by atoms with E-state index in [1.807, 2.05) is 7.05 Å². The SMILES string of the molecule is CN1CCN(C(=O)CCC(=O)N2CCC3C2C(=O)CN3C(=O)c2ccccn2)CC1. The van der Waals surface area contributed by atoms with Gasteiger partial charge in [0.1, 0.15) is 11.7 Å². The van der Waals surface area contributed by atoms with Crippen molar-refractivity contribution in [1.82, 2.24) is 24.6 Å². The van der Waals surface area contributed by atoms with Crippen molar-refractivity contribution in [3.8, 4) is 0 Å². The Hall–Kier alpha value is -2.81. The second-order valence-corrected chi connectivity index (χ2v) is 8.19. The van der Waals surface area contributed by atoms with E-state index in [0.717, 1.165) is 13.1 Å². The van der Waals surface area contributed by atoms with E-state index in [9.17, 15) is 19.2 Å². The molecule has 2 atom stereocenters. The van der Waals surface area contributed by atoms with Crippen molar-refractivity contribution in [2.75, 3.05) is 46.3 Å². The van der Waals surface area contributed by atoms with Crippen LogP contribution in [0.3, 0.4) is 0 Å². The number of piperazine rings is 1. The van der Waals surface area contributed by atoms with Crippen molar-refractivity contribution in [2.24, 2.45) is 0 Å². The zero-order valence-electron chi connectivity index (χ0n) is 17.2. The van der Waals surface area contributed by atoms with Crippen LogP contribution < -0.4 is 0 Å². The Bertz CT molecular complexity index is 837. The highest BCUT2D eigenvalue weighted by molar-refractivity contribution is 6.01. The van der Waals surface area contributed by atoms with Crippen LogP contribution in [-0.4, -0.2) is 106 Å². The minimum atomic E-state index is -0.607. The molecule has 3 amide bonds. The third kappa shape index (κ3) is 3.94. The molecule has 0 N–H and O–H groups in total. The lowest BCUT2D eigenvalue weighted by atomic mass is 10.1. The largest absolute Gasteiger partial charge is 0.340 e. The highest BCUT2D eigenvalue weighted by Crippen LogP contribution is 2.31. The van der Waals surface area contributed by atoms with Gasteiger partial charge in [0.25, 0.3) is 5.91 Å². The first-order chi connectivity index (χ1) is 14.5. The van der Waals surface area contributed by atoms with Crippen molar-refractivity contribution in [1.29, 1.82) is 0 Å². The molecule has 2 unspecified atom stereocenters. The predicted molar refractivity (Wildman–Crippen MR) is 107 cm³/mol. The van der Waals surface area contributed by atoms with Crippen molar-refractivity contribution in [3.05, 3.63) is 30.1 Å². The zero-order chi connectivity index (χ0) is 21.3. The molecule has 1 aromatic rings. The van der Waals surface area contributed by atoms with Gasteiger partial charge in [0.2, 0.25) is 11.8 Å². The molecule has 3 aliphatic heterocycles. The molecule has 3 fully saturated rings. The van der Waals surface area contributed by atoms with E-state index in [0.29, 0.717) is 31.7 Å². The Labute approximate surface area is 175 Å². The van der Waals surface area contributed by atoms with Crippen LogP contribution in [-0.2, 0) is 14.4 Å². The van der Waals surface area contributed by atoms with E-state index < -0.39 is 6.04 Å². The number of nitrogens with zero attached hydrogens (tertiary/aromatic N) is 5. The smallest absolute Gasteiger partial charge is 0.273 e. The van der Waals surface area contributed by atoms with Gasteiger partial charge in [-0.25, -0.2) is 0 Å². The summed E-state index contributed by atoms with van der Waals surface area (Å²) in [6, 6.07) is 4.17. The van der Waals surface area contributed by atoms with Gasteiger partial charge in [-0.15, -0.1) is 0 Å². The summed E-state index contributed by atoms with van der Waals surface area (Å²) in [5.74, 6) is -0.612. The Kier molecular flexibility index (Phi) is 5.80. The number of fused-ring (bicyclic) bond motifs is 1. The van der Waals surface area contributed by atoms with Gasteiger partial charge in [0.05, 0.1) is 12.6 Å². The fourth-order valence-electron chi connectivity index (χ4n) is 4.58. The van der Waals surface area contributed by atoms with Crippen LogP contribution in [0.25, 0.3) is 0 Å². The van der Waals surface area contributed by atoms with Crippen LogP contribution in [0.1, 0.15) is 29.8 Å². The van der Waals surface area contributed by atoms with Crippen LogP contribution in [0.5, 0.6) is 0 Å². The summed E-state index contributed by atoms with van der Waals surface area (Å²) in [5, 5.41) is 0.